The number of allylic oxidation sites excluding steroid dienone is 1. The van der Waals surface area contributed by atoms with Crippen LogP contribution in [0.2, 0.25) is 0 Å². The van der Waals surface area contributed by atoms with Gasteiger partial charge in [-0.3, -0.25) is 9.59 Å². The van der Waals surface area contributed by atoms with Gasteiger partial charge in [-0.2, -0.15) is 0 Å². The Hall–Kier alpha value is -3.08. The van der Waals surface area contributed by atoms with Crippen molar-refractivity contribution in [3.8, 4) is 5.75 Å². The van der Waals surface area contributed by atoms with E-state index < -0.39 is 5.41 Å². The molecule has 2 atom stereocenters. The van der Waals surface area contributed by atoms with Crippen molar-refractivity contribution in [1.82, 2.24) is 0 Å². The van der Waals surface area contributed by atoms with E-state index in [2.05, 4.69) is 11.9 Å². The fraction of sp³-hybridized carbons (Fsp3) is 0.360. The number of esters is 1. The number of hydrogen-bond acceptors (Lipinski definition) is 4. The molecule has 2 unspecified atom stereocenters. The van der Waals surface area contributed by atoms with Gasteiger partial charge in [-0.05, 0) is 61.6 Å². The van der Waals surface area contributed by atoms with E-state index in [0.29, 0.717) is 26.1 Å². The highest BCUT2D eigenvalue weighted by atomic mass is 16.5. The van der Waals surface area contributed by atoms with Gasteiger partial charge < -0.3 is 14.8 Å². The third kappa shape index (κ3) is 4.11. The summed E-state index contributed by atoms with van der Waals surface area (Å²) in [5, 5.41) is 2.94. The lowest BCUT2D eigenvalue weighted by molar-refractivity contribution is -0.146. The molecule has 1 amide bonds. The average Bonchev–Trinajstić information content (AvgIpc) is 3.18. The van der Waals surface area contributed by atoms with E-state index in [1.807, 2.05) is 55.5 Å². The van der Waals surface area contributed by atoms with E-state index in [0.717, 1.165) is 34.6 Å². The molecule has 1 aliphatic carbocycles. The van der Waals surface area contributed by atoms with Crippen LogP contribution in [0.4, 0.5) is 5.69 Å². The van der Waals surface area contributed by atoms with Crippen molar-refractivity contribution in [3.05, 3.63) is 71.8 Å². The van der Waals surface area contributed by atoms with Crippen LogP contribution in [0, 0.1) is 11.3 Å². The van der Waals surface area contributed by atoms with Gasteiger partial charge in [-0.15, -0.1) is 0 Å². The molecular weight excluding hydrogens is 378 g/mol. The van der Waals surface area contributed by atoms with Gasteiger partial charge in [0, 0.05) is 11.6 Å². The molecule has 5 nitrogen and oxygen atoms in total. The first-order valence-electron chi connectivity index (χ1n) is 10.4. The van der Waals surface area contributed by atoms with Gasteiger partial charge in [0.15, 0.2) is 0 Å². The van der Waals surface area contributed by atoms with Crippen LogP contribution in [0.5, 0.6) is 5.75 Å². The quantitative estimate of drug-likeness (QED) is 0.550. The summed E-state index contributed by atoms with van der Waals surface area (Å²) >= 11 is 0. The Morgan fingerprint density at radius 3 is 2.80 bits per heavy atom. The van der Waals surface area contributed by atoms with Crippen LogP contribution in [0.15, 0.2) is 60.7 Å². The van der Waals surface area contributed by atoms with E-state index in [9.17, 15) is 9.59 Å². The fourth-order valence-corrected chi connectivity index (χ4v) is 4.64. The Bertz CT molecular complexity index is 965. The standard InChI is InChI=1S/C25H27NO4/c1-3-29-22-6-4-5-19(12-22)13-23(27)26-21-9-7-18(8-10-21)15-25-14-17(2)11-20(25)16-30-24(25)28/h4-10,12,20H,2-3,11,13-16H2,1H3,(H,26,27). The minimum atomic E-state index is -0.465. The predicted molar refractivity (Wildman–Crippen MR) is 115 cm³/mol. The van der Waals surface area contributed by atoms with Crippen molar-refractivity contribution in [1.29, 1.82) is 0 Å². The number of anilines is 1. The molecule has 1 saturated heterocycles. The maximum atomic E-state index is 12.4. The van der Waals surface area contributed by atoms with Gasteiger partial charge in [-0.1, -0.05) is 36.4 Å². The molecule has 1 saturated carbocycles. The first-order chi connectivity index (χ1) is 14.5. The number of rotatable bonds is 7. The second kappa shape index (κ2) is 8.34. The molecule has 1 N–H and O–H groups in total. The molecule has 0 aromatic heterocycles. The molecule has 1 heterocycles. The minimum absolute atomic E-state index is 0.0819. The summed E-state index contributed by atoms with van der Waals surface area (Å²) < 4.78 is 10.8. The number of fused-ring (bicyclic) bond motifs is 1. The topological polar surface area (TPSA) is 64.6 Å². The molecule has 2 fully saturated rings. The lowest BCUT2D eigenvalue weighted by Gasteiger charge is -2.24. The van der Waals surface area contributed by atoms with Gasteiger partial charge in [0.25, 0.3) is 0 Å². The molecule has 5 heteroatoms. The summed E-state index contributed by atoms with van der Waals surface area (Å²) in [6.07, 6.45) is 2.50. The van der Waals surface area contributed by atoms with Gasteiger partial charge in [-0.25, -0.2) is 0 Å². The highest BCUT2D eigenvalue weighted by Gasteiger charge is 2.55. The van der Waals surface area contributed by atoms with Crippen LogP contribution in [-0.2, 0) is 27.2 Å². The molecule has 156 valence electrons. The van der Waals surface area contributed by atoms with Crippen molar-refractivity contribution >= 4 is 17.6 Å². The maximum absolute atomic E-state index is 12.4. The fourth-order valence-electron chi connectivity index (χ4n) is 4.64. The SMILES string of the molecule is C=C1CC2COC(=O)C2(Cc2ccc(NC(=O)Cc3cccc(OCC)c3)cc2)C1. The van der Waals surface area contributed by atoms with Crippen LogP contribution in [0.25, 0.3) is 0 Å². The number of carbonyl (C=O) groups excluding carboxylic acids is 2. The molecule has 0 spiro atoms. The third-order valence-electron chi connectivity index (χ3n) is 6.04. The Labute approximate surface area is 177 Å². The van der Waals surface area contributed by atoms with Crippen LogP contribution in [0.1, 0.15) is 30.9 Å². The van der Waals surface area contributed by atoms with Gasteiger partial charge >= 0.3 is 5.97 Å². The summed E-state index contributed by atoms with van der Waals surface area (Å²) in [6.45, 7) is 7.11. The van der Waals surface area contributed by atoms with Crippen LogP contribution >= 0.6 is 0 Å². The lowest BCUT2D eigenvalue weighted by Crippen LogP contribution is -2.31. The number of ether oxygens (including phenoxy) is 2. The minimum Gasteiger partial charge on any atom is -0.494 e. The Balaban J connectivity index is 1.38. The molecule has 2 aromatic rings. The Kier molecular flexibility index (Phi) is 5.62. The smallest absolute Gasteiger partial charge is 0.313 e. The Morgan fingerprint density at radius 2 is 2.03 bits per heavy atom. The molecule has 30 heavy (non-hydrogen) atoms. The number of cyclic esters (lactones) is 1. The average molecular weight is 405 g/mol. The van der Waals surface area contributed by atoms with Gasteiger partial charge in [0.05, 0.1) is 25.0 Å². The van der Waals surface area contributed by atoms with Crippen molar-refractivity contribution in [2.24, 2.45) is 11.3 Å². The second-order valence-electron chi connectivity index (χ2n) is 8.26. The molecule has 2 aliphatic rings. The summed E-state index contributed by atoms with van der Waals surface area (Å²) in [5.74, 6) is 0.813. The number of nitrogens with one attached hydrogen (secondary N) is 1. The normalized spacial score (nSPS) is 22.5. The van der Waals surface area contributed by atoms with E-state index >= 15 is 0 Å². The van der Waals surface area contributed by atoms with Crippen LogP contribution in [0.3, 0.4) is 0 Å². The van der Waals surface area contributed by atoms with Crippen molar-refractivity contribution in [2.75, 3.05) is 18.5 Å². The summed E-state index contributed by atoms with van der Waals surface area (Å²) in [6, 6.07) is 15.3. The largest absolute Gasteiger partial charge is 0.494 e. The molecule has 1 aliphatic heterocycles. The molecule has 4 rings (SSSR count). The summed E-state index contributed by atoms with van der Waals surface area (Å²) in [5.41, 5.74) is 3.38. The first kappa shape index (κ1) is 20.2. The zero-order valence-electron chi connectivity index (χ0n) is 17.3. The zero-order chi connectivity index (χ0) is 21.1. The van der Waals surface area contributed by atoms with Crippen LogP contribution < -0.4 is 10.1 Å². The highest BCUT2D eigenvalue weighted by Crippen LogP contribution is 2.52. The maximum Gasteiger partial charge on any atom is 0.313 e. The molecule has 2 aromatic carbocycles. The number of carbonyl (C=O) groups is 2. The number of amides is 1. The van der Waals surface area contributed by atoms with E-state index in [1.165, 1.54) is 0 Å². The van der Waals surface area contributed by atoms with Crippen molar-refractivity contribution in [2.45, 2.75) is 32.6 Å². The second-order valence-corrected chi connectivity index (χ2v) is 8.26. The highest BCUT2D eigenvalue weighted by molar-refractivity contribution is 5.92. The van der Waals surface area contributed by atoms with Crippen molar-refractivity contribution in [3.63, 3.8) is 0 Å². The zero-order valence-corrected chi connectivity index (χ0v) is 17.3. The monoisotopic (exact) mass is 405 g/mol. The number of hydrogen-bond donors (Lipinski definition) is 1. The molecule has 0 radical (unpaired) electrons. The lowest BCUT2D eigenvalue weighted by atomic mass is 9.75. The summed E-state index contributed by atoms with van der Waals surface area (Å²) in [7, 11) is 0. The van der Waals surface area contributed by atoms with Gasteiger partial charge in [0.2, 0.25) is 5.91 Å². The summed E-state index contributed by atoms with van der Waals surface area (Å²) in [4.78, 5) is 24.9. The van der Waals surface area contributed by atoms with Crippen molar-refractivity contribution < 1.29 is 19.1 Å². The van der Waals surface area contributed by atoms with Crippen LogP contribution in [-0.4, -0.2) is 25.1 Å². The Morgan fingerprint density at radius 1 is 1.23 bits per heavy atom. The molecule has 0 bridgehead atoms. The van der Waals surface area contributed by atoms with E-state index in [1.54, 1.807) is 0 Å². The number of benzene rings is 2. The van der Waals surface area contributed by atoms with Gasteiger partial charge in [0.1, 0.15) is 5.75 Å². The third-order valence-corrected chi connectivity index (χ3v) is 6.04. The van der Waals surface area contributed by atoms with E-state index in [4.69, 9.17) is 9.47 Å². The molecular formula is C25H27NO4. The first-order valence-corrected chi connectivity index (χ1v) is 10.4. The predicted octanol–water partition coefficient (Wildman–Crippen LogP) is 4.32. The van der Waals surface area contributed by atoms with E-state index in [-0.39, 0.29) is 24.2 Å².